The van der Waals surface area contributed by atoms with Crippen LogP contribution >= 0.6 is 0 Å². The van der Waals surface area contributed by atoms with Crippen LogP contribution in [-0.4, -0.2) is 30.8 Å². The lowest BCUT2D eigenvalue weighted by atomic mass is 9.82. The molecule has 0 spiro atoms. The van der Waals surface area contributed by atoms with Crippen molar-refractivity contribution in [2.45, 2.75) is 57.4 Å². The van der Waals surface area contributed by atoms with Gasteiger partial charge in [0.15, 0.2) is 0 Å². The van der Waals surface area contributed by atoms with Gasteiger partial charge >= 0.3 is 0 Å². The Labute approximate surface area is 139 Å². The fourth-order valence-corrected chi connectivity index (χ4v) is 3.47. The van der Waals surface area contributed by atoms with Crippen LogP contribution in [0, 0.1) is 5.92 Å². The SMILES string of the molecule is COc1cccc(CCC(=O)NC(CCO)C2CCCCC2)c1. The highest BCUT2D eigenvalue weighted by Crippen LogP contribution is 2.27. The topological polar surface area (TPSA) is 58.6 Å². The normalized spacial score (nSPS) is 16.8. The predicted molar refractivity (Wildman–Crippen MR) is 91.5 cm³/mol. The number of benzene rings is 1. The van der Waals surface area contributed by atoms with Crippen LogP contribution in [0.25, 0.3) is 0 Å². The molecule has 1 fully saturated rings. The molecule has 0 bridgehead atoms. The van der Waals surface area contributed by atoms with Gasteiger partial charge in [-0.05, 0) is 49.3 Å². The molecule has 0 aromatic heterocycles. The molecule has 128 valence electrons. The van der Waals surface area contributed by atoms with Crippen LogP contribution in [0.1, 0.15) is 50.5 Å². The summed E-state index contributed by atoms with van der Waals surface area (Å²) >= 11 is 0. The Morgan fingerprint density at radius 1 is 1.35 bits per heavy atom. The van der Waals surface area contributed by atoms with Crippen molar-refractivity contribution < 1.29 is 14.6 Å². The highest BCUT2D eigenvalue weighted by Gasteiger charge is 2.24. The van der Waals surface area contributed by atoms with Gasteiger partial charge < -0.3 is 15.2 Å². The van der Waals surface area contributed by atoms with E-state index in [1.807, 2.05) is 24.3 Å². The summed E-state index contributed by atoms with van der Waals surface area (Å²) in [6, 6.07) is 7.96. The number of nitrogens with one attached hydrogen (secondary N) is 1. The summed E-state index contributed by atoms with van der Waals surface area (Å²) < 4.78 is 5.21. The fourth-order valence-electron chi connectivity index (χ4n) is 3.47. The van der Waals surface area contributed by atoms with E-state index in [0.29, 0.717) is 25.2 Å². The van der Waals surface area contributed by atoms with Crippen molar-refractivity contribution in [3.05, 3.63) is 29.8 Å². The Bertz CT molecular complexity index is 483. The number of hydrogen-bond acceptors (Lipinski definition) is 3. The van der Waals surface area contributed by atoms with Crippen molar-refractivity contribution in [2.75, 3.05) is 13.7 Å². The fraction of sp³-hybridized carbons (Fsp3) is 0.632. The summed E-state index contributed by atoms with van der Waals surface area (Å²) in [7, 11) is 1.65. The summed E-state index contributed by atoms with van der Waals surface area (Å²) in [4.78, 5) is 12.3. The maximum Gasteiger partial charge on any atom is 0.220 e. The van der Waals surface area contributed by atoms with Gasteiger partial charge in [-0.15, -0.1) is 0 Å². The van der Waals surface area contributed by atoms with Gasteiger partial charge in [0.25, 0.3) is 0 Å². The van der Waals surface area contributed by atoms with Crippen molar-refractivity contribution in [2.24, 2.45) is 5.92 Å². The maximum absolute atomic E-state index is 12.3. The average Bonchev–Trinajstić information content (AvgIpc) is 2.60. The second-order valence-electron chi connectivity index (χ2n) is 6.44. The molecule has 1 aliphatic carbocycles. The molecule has 4 nitrogen and oxygen atoms in total. The number of hydrogen-bond donors (Lipinski definition) is 2. The van der Waals surface area contributed by atoms with Crippen LogP contribution in [-0.2, 0) is 11.2 Å². The Hall–Kier alpha value is -1.55. The third kappa shape index (κ3) is 5.87. The monoisotopic (exact) mass is 319 g/mol. The molecule has 4 heteroatoms. The van der Waals surface area contributed by atoms with E-state index in [2.05, 4.69) is 5.32 Å². The van der Waals surface area contributed by atoms with E-state index in [1.54, 1.807) is 7.11 Å². The maximum atomic E-state index is 12.3. The van der Waals surface area contributed by atoms with E-state index < -0.39 is 0 Å². The summed E-state index contributed by atoms with van der Waals surface area (Å²) in [6.45, 7) is 0.136. The van der Waals surface area contributed by atoms with E-state index >= 15 is 0 Å². The van der Waals surface area contributed by atoms with Crippen molar-refractivity contribution >= 4 is 5.91 Å². The minimum absolute atomic E-state index is 0.0804. The first-order valence-electron chi connectivity index (χ1n) is 8.76. The molecule has 1 atom stereocenters. The average molecular weight is 319 g/mol. The van der Waals surface area contributed by atoms with Gasteiger partial charge in [-0.2, -0.15) is 0 Å². The van der Waals surface area contributed by atoms with E-state index in [1.165, 1.54) is 32.1 Å². The molecule has 1 aromatic carbocycles. The smallest absolute Gasteiger partial charge is 0.220 e. The third-order valence-corrected chi connectivity index (χ3v) is 4.78. The van der Waals surface area contributed by atoms with Crippen LogP contribution in [0.5, 0.6) is 5.75 Å². The zero-order chi connectivity index (χ0) is 16.5. The predicted octanol–water partition coefficient (Wildman–Crippen LogP) is 3.08. The molecule has 2 N–H and O–H groups in total. The standard InChI is InChI=1S/C19H29NO3/c1-23-17-9-5-6-15(14-17)10-11-19(22)20-18(12-13-21)16-7-3-2-4-8-16/h5-6,9,14,16,18,21H,2-4,7-8,10-13H2,1H3,(H,20,22). The minimum Gasteiger partial charge on any atom is -0.497 e. The molecule has 1 aliphatic rings. The number of amides is 1. The molecule has 1 aromatic rings. The second kappa shape index (κ2) is 9.56. The molecule has 23 heavy (non-hydrogen) atoms. The van der Waals surface area contributed by atoms with Crippen LogP contribution in [0.2, 0.25) is 0 Å². The third-order valence-electron chi connectivity index (χ3n) is 4.78. The molecule has 1 amide bonds. The molecule has 0 heterocycles. The van der Waals surface area contributed by atoms with Crippen LogP contribution in [0.15, 0.2) is 24.3 Å². The Morgan fingerprint density at radius 2 is 2.13 bits per heavy atom. The van der Waals surface area contributed by atoms with Crippen molar-refractivity contribution in [1.29, 1.82) is 0 Å². The van der Waals surface area contributed by atoms with E-state index in [0.717, 1.165) is 11.3 Å². The van der Waals surface area contributed by atoms with Crippen molar-refractivity contribution in [1.82, 2.24) is 5.32 Å². The van der Waals surface area contributed by atoms with E-state index in [4.69, 9.17) is 4.74 Å². The summed E-state index contributed by atoms with van der Waals surface area (Å²) in [5.41, 5.74) is 1.11. The second-order valence-corrected chi connectivity index (χ2v) is 6.44. The lowest BCUT2D eigenvalue weighted by Gasteiger charge is -2.30. The largest absolute Gasteiger partial charge is 0.497 e. The number of aryl methyl sites for hydroxylation is 1. The molecular weight excluding hydrogens is 290 g/mol. The van der Waals surface area contributed by atoms with Crippen LogP contribution in [0.3, 0.4) is 0 Å². The highest BCUT2D eigenvalue weighted by atomic mass is 16.5. The summed E-state index contributed by atoms with van der Waals surface area (Å²) in [5.74, 6) is 1.43. The molecule has 2 rings (SSSR count). The number of methoxy groups -OCH3 is 1. The molecule has 1 saturated carbocycles. The Morgan fingerprint density at radius 3 is 2.83 bits per heavy atom. The van der Waals surface area contributed by atoms with Gasteiger partial charge in [-0.3, -0.25) is 4.79 Å². The number of aliphatic hydroxyl groups excluding tert-OH is 1. The minimum atomic E-state index is 0.0804. The first-order valence-corrected chi connectivity index (χ1v) is 8.76. The number of ether oxygens (including phenoxy) is 1. The number of aliphatic hydroxyl groups is 1. The highest BCUT2D eigenvalue weighted by molar-refractivity contribution is 5.76. The van der Waals surface area contributed by atoms with Gasteiger partial charge in [-0.25, -0.2) is 0 Å². The Balaban J connectivity index is 1.83. The molecule has 0 radical (unpaired) electrons. The first kappa shape index (κ1) is 17.8. The van der Waals surface area contributed by atoms with Crippen LogP contribution < -0.4 is 10.1 Å². The van der Waals surface area contributed by atoms with Crippen LogP contribution in [0.4, 0.5) is 0 Å². The van der Waals surface area contributed by atoms with Gasteiger partial charge in [0.2, 0.25) is 5.91 Å². The first-order chi connectivity index (χ1) is 11.2. The molecule has 1 unspecified atom stereocenters. The number of carbonyl (C=O) groups excluding carboxylic acids is 1. The number of rotatable bonds is 8. The van der Waals surface area contributed by atoms with Gasteiger partial charge in [-0.1, -0.05) is 31.4 Å². The number of carbonyl (C=O) groups is 1. The molecule has 0 aliphatic heterocycles. The summed E-state index contributed by atoms with van der Waals surface area (Å²) in [6.07, 6.45) is 7.96. The van der Waals surface area contributed by atoms with Crippen molar-refractivity contribution in [3.8, 4) is 5.75 Å². The van der Waals surface area contributed by atoms with Gasteiger partial charge in [0, 0.05) is 19.1 Å². The van der Waals surface area contributed by atoms with E-state index in [9.17, 15) is 9.90 Å². The van der Waals surface area contributed by atoms with E-state index in [-0.39, 0.29) is 18.6 Å². The van der Waals surface area contributed by atoms with Crippen molar-refractivity contribution in [3.63, 3.8) is 0 Å². The lowest BCUT2D eigenvalue weighted by molar-refractivity contribution is -0.122. The zero-order valence-electron chi connectivity index (χ0n) is 14.1. The lowest BCUT2D eigenvalue weighted by Crippen LogP contribution is -2.41. The zero-order valence-corrected chi connectivity index (χ0v) is 14.1. The Kier molecular flexibility index (Phi) is 7.40. The summed E-state index contributed by atoms with van der Waals surface area (Å²) in [5, 5.41) is 12.4. The van der Waals surface area contributed by atoms with Gasteiger partial charge in [0.05, 0.1) is 7.11 Å². The quantitative estimate of drug-likeness (QED) is 0.774. The molecular formula is C19H29NO3. The molecule has 0 saturated heterocycles. The van der Waals surface area contributed by atoms with Gasteiger partial charge in [0.1, 0.15) is 5.75 Å².